The van der Waals surface area contributed by atoms with E-state index in [1.807, 2.05) is 22.6 Å². The van der Waals surface area contributed by atoms with Crippen LogP contribution < -0.4 is 4.74 Å². The summed E-state index contributed by atoms with van der Waals surface area (Å²) in [5, 5.41) is 0.362. The first kappa shape index (κ1) is 9.47. The lowest BCUT2D eigenvalue weighted by molar-refractivity contribution is 0.378. The summed E-state index contributed by atoms with van der Waals surface area (Å²) >= 11 is 11.0. The first-order valence-corrected chi connectivity index (χ1v) is 4.82. The average Bonchev–Trinajstić information content (AvgIpc) is 1.99. The van der Waals surface area contributed by atoms with Gasteiger partial charge in [0.2, 0.25) is 0 Å². The van der Waals surface area contributed by atoms with Gasteiger partial charge in [0, 0.05) is 0 Å². The van der Waals surface area contributed by atoms with Crippen molar-refractivity contribution in [2.75, 3.05) is 7.11 Å². The Morgan fingerprint density at radius 2 is 2.18 bits per heavy atom. The first-order chi connectivity index (χ1) is 5.15. The molecule has 0 spiro atoms. The Labute approximate surface area is 90.8 Å². The van der Waals surface area contributed by atoms with E-state index in [0.717, 1.165) is 3.70 Å². The highest BCUT2D eigenvalue weighted by atomic mass is 127. The van der Waals surface area contributed by atoms with Crippen LogP contribution in [0.2, 0.25) is 5.15 Å². The molecule has 0 atom stereocenters. The van der Waals surface area contributed by atoms with Gasteiger partial charge in [-0.3, -0.25) is 0 Å². The molecule has 1 aromatic rings. The van der Waals surface area contributed by atoms with Crippen LogP contribution in [0, 0.1) is 3.70 Å². The predicted octanol–water partition coefficient (Wildman–Crippen LogP) is 2.51. The number of rotatable bonds is 1. The number of methoxy groups -OCH3 is 1. The third-order valence-electron chi connectivity index (χ3n) is 0.932. The maximum Gasteiger partial charge on any atom is 0.318 e. The van der Waals surface area contributed by atoms with E-state index in [1.54, 1.807) is 0 Å². The van der Waals surface area contributed by atoms with Crippen molar-refractivity contribution in [3.05, 3.63) is 13.3 Å². The van der Waals surface area contributed by atoms with Crippen molar-refractivity contribution in [3.8, 4) is 6.01 Å². The van der Waals surface area contributed by atoms with Crippen molar-refractivity contribution in [1.29, 1.82) is 0 Å². The number of aromatic nitrogens is 2. The SMILES string of the molecule is COc1nc(Cl)c(Br)c(I)n1. The highest BCUT2D eigenvalue weighted by Gasteiger charge is 2.07. The largest absolute Gasteiger partial charge is 0.467 e. The molecule has 0 aliphatic rings. The topological polar surface area (TPSA) is 35.0 Å². The Bertz CT molecular complexity index is 260. The number of halogens is 3. The van der Waals surface area contributed by atoms with E-state index in [4.69, 9.17) is 16.3 Å². The summed E-state index contributed by atoms with van der Waals surface area (Å²) in [6, 6.07) is 0.280. The molecule has 3 nitrogen and oxygen atoms in total. The van der Waals surface area contributed by atoms with Gasteiger partial charge in [-0.25, -0.2) is 0 Å². The van der Waals surface area contributed by atoms with Gasteiger partial charge in [-0.2, -0.15) is 9.97 Å². The summed E-state index contributed by atoms with van der Waals surface area (Å²) in [4.78, 5) is 7.81. The molecule has 1 heterocycles. The van der Waals surface area contributed by atoms with E-state index in [1.165, 1.54) is 7.11 Å². The van der Waals surface area contributed by atoms with E-state index in [2.05, 4.69) is 25.9 Å². The predicted molar refractivity (Wildman–Crippen MR) is 54.0 cm³/mol. The lowest BCUT2D eigenvalue weighted by Crippen LogP contribution is -1.95. The number of nitrogens with zero attached hydrogens (tertiary/aromatic N) is 2. The van der Waals surface area contributed by atoms with Crippen LogP contribution in [0.4, 0.5) is 0 Å². The van der Waals surface area contributed by atoms with Crippen molar-refractivity contribution in [2.45, 2.75) is 0 Å². The summed E-state index contributed by atoms with van der Waals surface area (Å²) in [5.41, 5.74) is 0. The van der Waals surface area contributed by atoms with Crippen molar-refractivity contribution < 1.29 is 4.74 Å². The van der Waals surface area contributed by atoms with Gasteiger partial charge < -0.3 is 4.74 Å². The van der Waals surface area contributed by atoms with Crippen molar-refractivity contribution in [1.82, 2.24) is 9.97 Å². The molecule has 0 N–H and O–H groups in total. The quantitative estimate of drug-likeness (QED) is 0.577. The molecular weight excluding hydrogens is 346 g/mol. The first-order valence-electron chi connectivity index (χ1n) is 2.57. The molecular formula is C5H3BrClIN2O. The molecule has 0 unspecified atom stereocenters. The lowest BCUT2D eigenvalue weighted by atomic mass is 10.7. The number of hydrogen-bond acceptors (Lipinski definition) is 3. The van der Waals surface area contributed by atoms with Crippen molar-refractivity contribution in [3.63, 3.8) is 0 Å². The summed E-state index contributed by atoms with van der Waals surface area (Å²) in [6.45, 7) is 0. The molecule has 60 valence electrons. The van der Waals surface area contributed by atoms with Crippen LogP contribution in [-0.4, -0.2) is 17.1 Å². The summed E-state index contributed by atoms with van der Waals surface area (Å²) < 4.78 is 6.23. The van der Waals surface area contributed by atoms with E-state index in [9.17, 15) is 0 Å². The van der Waals surface area contributed by atoms with Crippen LogP contribution in [0.3, 0.4) is 0 Å². The molecule has 0 fully saturated rings. The van der Waals surface area contributed by atoms with Gasteiger partial charge in [0.15, 0.2) is 5.15 Å². The van der Waals surface area contributed by atoms with Crippen LogP contribution in [0.1, 0.15) is 0 Å². The van der Waals surface area contributed by atoms with Crippen LogP contribution >= 0.6 is 50.1 Å². The van der Waals surface area contributed by atoms with E-state index < -0.39 is 0 Å². The molecule has 0 saturated heterocycles. The molecule has 0 aliphatic heterocycles. The highest BCUT2D eigenvalue weighted by molar-refractivity contribution is 14.1. The second-order valence-corrected chi connectivity index (χ2v) is 3.78. The minimum absolute atomic E-state index is 0.280. The highest BCUT2D eigenvalue weighted by Crippen LogP contribution is 2.26. The molecule has 0 amide bonds. The smallest absolute Gasteiger partial charge is 0.318 e. The minimum atomic E-state index is 0.280. The summed E-state index contributed by atoms with van der Waals surface area (Å²) in [5.74, 6) is 0. The van der Waals surface area contributed by atoms with Gasteiger partial charge in [0.1, 0.15) is 3.70 Å². The summed E-state index contributed by atoms with van der Waals surface area (Å²) in [6.07, 6.45) is 0. The second-order valence-electron chi connectivity index (χ2n) is 1.61. The zero-order chi connectivity index (χ0) is 8.43. The van der Waals surface area contributed by atoms with Crippen molar-refractivity contribution in [2.24, 2.45) is 0 Å². The van der Waals surface area contributed by atoms with Gasteiger partial charge in [-0.1, -0.05) is 11.6 Å². The average molecular weight is 349 g/mol. The monoisotopic (exact) mass is 348 g/mol. The third kappa shape index (κ3) is 2.16. The standard InChI is InChI=1S/C5H3BrClIN2O/c1-11-5-9-3(7)2(6)4(8)10-5/h1H3. The van der Waals surface area contributed by atoms with Crippen LogP contribution in [0.25, 0.3) is 0 Å². The van der Waals surface area contributed by atoms with Gasteiger partial charge in [0.05, 0.1) is 11.6 Å². The van der Waals surface area contributed by atoms with E-state index >= 15 is 0 Å². The normalized spacial score (nSPS) is 9.82. The van der Waals surface area contributed by atoms with Crippen LogP contribution in [-0.2, 0) is 0 Å². The Kier molecular flexibility index (Phi) is 3.32. The third-order valence-corrected chi connectivity index (χ3v) is 3.71. The number of ether oxygens (including phenoxy) is 1. The Morgan fingerprint density at radius 3 is 2.64 bits per heavy atom. The van der Waals surface area contributed by atoms with Crippen LogP contribution in [0.15, 0.2) is 4.47 Å². The van der Waals surface area contributed by atoms with Crippen molar-refractivity contribution >= 4 is 50.1 Å². The van der Waals surface area contributed by atoms with Gasteiger partial charge in [-0.15, -0.1) is 0 Å². The lowest BCUT2D eigenvalue weighted by Gasteiger charge is -2.00. The Morgan fingerprint density at radius 1 is 1.55 bits per heavy atom. The Hall–Kier alpha value is 0.380. The zero-order valence-electron chi connectivity index (χ0n) is 5.44. The fourth-order valence-corrected chi connectivity index (χ4v) is 1.43. The molecule has 1 rings (SSSR count). The molecule has 6 heteroatoms. The van der Waals surface area contributed by atoms with E-state index in [0.29, 0.717) is 9.63 Å². The molecule has 0 bridgehead atoms. The van der Waals surface area contributed by atoms with E-state index in [-0.39, 0.29) is 6.01 Å². The van der Waals surface area contributed by atoms with Gasteiger partial charge in [-0.05, 0) is 38.5 Å². The molecule has 0 aliphatic carbocycles. The van der Waals surface area contributed by atoms with Crippen LogP contribution in [0.5, 0.6) is 6.01 Å². The minimum Gasteiger partial charge on any atom is -0.467 e. The molecule has 0 aromatic carbocycles. The fraction of sp³-hybridized carbons (Fsp3) is 0.200. The van der Waals surface area contributed by atoms with Gasteiger partial charge in [0.25, 0.3) is 0 Å². The maximum atomic E-state index is 5.72. The molecule has 0 radical (unpaired) electrons. The zero-order valence-corrected chi connectivity index (χ0v) is 9.94. The molecule has 0 saturated carbocycles. The summed E-state index contributed by atoms with van der Waals surface area (Å²) in [7, 11) is 1.50. The molecule has 1 aromatic heterocycles. The fourth-order valence-electron chi connectivity index (χ4n) is 0.468. The maximum absolute atomic E-state index is 5.72. The molecule has 11 heavy (non-hydrogen) atoms. The number of hydrogen-bond donors (Lipinski definition) is 0. The Balaban J connectivity index is 3.21. The second kappa shape index (κ2) is 3.86. The van der Waals surface area contributed by atoms with Gasteiger partial charge >= 0.3 is 6.01 Å².